The number of carbonyl (C=O) groups is 1. The number of hydrogen-bond donors (Lipinski definition) is 2. The SMILES string of the molecule is O=C(NC[C@H]1CCS(=O)(=O)C1)c1cc2ccccc2[nH]c1=O. The molecule has 1 aromatic heterocycles. The zero-order chi connectivity index (χ0) is 15.7. The van der Waals surface area contributed by atoms with Crippen molar-refractivity contribution in [1.29, 1.82) is 0 Å². The number of para-hydroxylation sites is 1. The van der Waals surface area contributed by atoms with Gasteiger partial charge in [-0.1, -0.05) is 18.2 Å². The van der Waals surface area contributed by atoms with E-state index in [4.69, 9.17) is 0 Å². The van der Waals surface area contributed by atoms with Crippen LogP contribution in [0.1, 0.15) is 16.8 Å². The van der Waals surface area contributed by atoms with Crippen LogP contribution < -0.4 is 10.9 Å². The van der Waals surface area contributed by atoms with Crippen LogP contribution >= 0.6 is 0 Å². The van der Waals surface area contributed by atoms with Crippen molar-refractivity contribution in [3.8, 4) is 0 Å². The lowest BCUT2D eigenvalue weighted by Crippen LogP contribution is -2.33. The zero-order valence-electron chi connectivity index (χ0n) is 11.8. The predicted molar refractivity (Wildman–Crippen MR) is 83.7 cm³/mol. The maximum Gasteiger partial charge on any atom is 0.261 e. The van der Waals surface area contributed by atoms with Gasteiger partial charge in [-0.05, 0) is 29.9 Å². The monoisotopic (exact) mass is 320 g/mol. The number of fused-ring (bicyclic) bond motifs is 1. The minimum absolute atomic E-state index is 0.0413. The Labute approximate surface area is 127 Å². The van der Waals surface area contributed by atoms with Gasteiger partial charge in [0.25, 0.3) is 11.5 Å². The second-order valence-electron chi connectivity index (χ2n) is 5.58. The molecule has 1 atom stereocenters. The van der Waals surface area contributed by atoms with Crippen molar-refractivity contribution in [2.45, 2.75) is 6.42 Å². The van der Waals surface area contributed by atoms with Crippen molar-refractivity contribution in [2.24, 2.45) is 5.92 Å². The van der Waals surface area contributed by atoms with Gasteiger partial charge in [0.1, 0.15) is 5.56 Å². The van der Waals surface area contributed by atoms with E-state index in [0.717, 1.165) is 5.39 Å². The quantitative estimate of drug-likeness (QED) is 0.870. The van der Waals surface area contributed by atoms with Crippen LogP contribution in [0.15, 0.2) is 35.1 Å². The van der Waals surface area contributed by atoms with E-state index in [-0.39, 0.29) is 29.5 Å². The van der Waals surface area contributed by atoms with Gasteiger partial charge in [-0.3, -0.25) is 9.59 Å². The summed E-state index contributed by atoms with van der Waals surface area (Å²) in [5, 5.41) is 3.43. The molecule has 1 saturated heterocycles. The van der Waals surface area contributed by atoms with Crippen LogP contribution in [-0.2, 0) is 9.84 Å². The Hall–Kier alpha value is -2.15. The Bertz CT molecular complexity index is 886. The fourth-order valence-electron chi connectivity index (χ4n) is 2.68. The maximum absolute atomic E-state index is 12.1. The highest BCUT2D eigenvalue weighted by atomic mass is 32.2. The molecule has 0 bridgehead atoms. The van der Waals surface area contributed by atoms with E-state index >= 15 is 0 Å². The molecule has 1 aliphatic heterocycles. The van der Waals surface area contributed by atoms with Gasteiger partial charge in [-0.15, -0.1) is 0 Å². The number of benzene rings is 1. The molecule has 1 aromatic carbocycles. The van der Waals surface area contributed by atoms with Gasteiger partial charge in [0, 0.05) is 12.1 Å². The molecule has 0 saturated carbocycles. The van der Waals surface area contributed by atoms with E-state index < -0.39 is 21.3 Å². The molecule has 0 unspecified atom stereocenters. The predicted octanol–water partition coefficient (Wildman–Crippen LogP) is 0.693. The van der Waals surface area contributed by atoms with Gasteiger partial charge in [-0.25, -0.2) is 8.42 Å². The van der Waals surface area contributed by atoms with E-state index in [9.17, 15) is 18.0 Å². The molecule has 1 aliphatic rings. The van der Waals surface area contributed by atoms with Gasteiger partial charge >= 0.3 is 0 Å². The minimum Gasteiger partial charge on any atom is -0.352 e. The molecule has 22 heavy (non-hydrogen) atoms. The number of hydrogen-bond acceptors (Lipinski definition) is 4. The van der Waals surface area contributed by atoms with E-state index in [1.807, 2.05) is 12.1 Å². The minimum atomic E-state index is -2.96. The highest BCUT2D eigenvalue weighted by Crippen LogP contribution is 2.17. The van der Waals surface area contributed by atoms with E-state index in [1.54, 1.807) is 18.2 Å². The molecule has 116 valence electrons. The maximum atomic E-state index is 12.1. The number of nitrogens with one attached hydrogen (secondary N) is 2. The van der Waals surface area contributed by atoms with E-state index in [0.29, 0.717) is 11.9 Å². The van der Waals surface area contributed by atoms with Crippen LogP contribution in [0.3, 0.4) is 0 Å². The number of rotatable bonds is 3. The molecule has 0 spiro atoms. The lowest BCUT2D eigenvalue weighted by Gasteiger charge is -2.09. The first-order valence-corrected chi connectivity index (χ1v) is 8.87. The molecule has 3 rings (SSSR count). The van der Waals surface area contributed by atoms with E-state index in [2.05, 4.69) is 10.3 Å². The summed E-state index contributed by atoms with van der Waals surface area (Å²) < 4.78 is 22.8. The lowest BCUT2D eigenvalue weighted by atomic mass is 10.1. The Morgan fingerprint density at radius 1 is 1.32 bits per heavy atom. The van der Waals surface area contributed by atoms with Crippen molar-refractivity contribution in [3.05, 3.63) is 46.2 Å². The molecule has 2 N–H and O–H groups in total. The molecule has 1 amide bonds. The van der Waals surface area contributed by atoms with Crippen LogP contribution in [0.25, 0.3) is 10.9 Å². The molecule has 6 nitrogen and oxygen atoms in total. The summed E-state index contributed by atoms with van der Waals surface area (Å²) in [6, 6.07) is 8.76. The number of pyridine rings is 1. The average Bonchev–Trinajstić information content (AvgIpc) is 2.83. The fourth-order valence-corrected chi connectivity index (χ4v) is 4.54. The molecule has 1 fully saturated rings. The number of H-pyrrole nitrogens is 1. The van der Waals surface area contributed by atoms with Crippen molar-refractivity contribution in [2.75, 3.05) is 18.1 Å². The first kappa shape index (κ1) is 14.8. The first-order valence-electron chi connectivity index (χ1n) is 7.05. The molecular weight excluding hydrogens is 304 g/mol. The Morgan fingerprint density at radius 3 is 2.82 bits per heavy atom. The zero-order valence-corrected chi connectivity index (χ0v) is 12.7. The highest BCUT2D eigenvalue weighted by Gasteiger charge is 2.28. The van der Waals surface area contributed by atoms with Crippen molar-refractivity contribution in [1.82, 2.24) is 10.3 Å². The van der Waals surface area contributed by atoms with Crippen molar-refractivity contribution in [3.63, 3.8) is 0 Å². The van der Waals surface area contributed by atoms with Crippen molar-refractivity contribution >= 4 is 26.6 Å². The average molecular weight is 320 g/mol. The van der Waals surface area contributed by atoms with Gasteiger partial charge in [-0.2, -0.15) is 0 Å². The number of aromatic nitrogens is 1. The summed E-state index contributed by atoms with van der Waals surface area (Å²) in [6.07, 6.45) is 0.552. The molecule has 0 aliphatic carbocycles. The smallest absolute Gasteiger partial charge is 0.261 e. The Balaban J connectivity index is 1.75. The van der Waals surface area contributed by atoms with Crippen LogP contribution in [-0.4, -0.2) is 37.4 Å². The molecular formula is C15H16N2O4S. The summed E-state index contributed by atoms with van der Waals surface area (Å²) >= 11 is 0. The fraction of sp³-hybridized carbons (Fsp3) is 0.333. The second-order valence-corrected chi connectivity index (χ2v) is 7.81. The molecule has 7 heteroatoms. The van der Waals surface area contributed by atoms with Crippen LogP contribution in [0, 0.1) is 5.92 Å². The molecule has 2 heterocycles. The Kier molecular flexibility index (Phi) is 3.74. The summed E-state index contributed by atoms with van der Waals surface area (Å²) in [4.78, 5) is 26.8. The standard InChI is InChI=1S/C15H16N2O4S/c18-14(16-8-10-5-6-22(20,21)9-10)12-7-11-3-1-2-4-13(11)17-15(12)19/h1-4,7,10H,5-6,8-9H2,(H,16,18)(H,17,19)/t10-/m1/s1. The van der Waals surface area contributed by atoms with Gasteiger partial charge in [0.05, 0.1) is 11.5 Å². The number of aromatic amines is 1. The molecule has 0 radical (unpaired) electrons. The van der Waals surface area contributed by atoms with Crippen LogP contribution in [0.5, 0.6) is 0 Å². The highest BCUT2D eigenvalue weighted by molar-refractivity contribution is 7.91. The molecule has 2 aromatic rings. The van der Waals surface area contributed by atoms with Gasteiger partial charge in [0.15, 0.2) is 9.84 Å². The normalized spacial score (nSPS) is 20.1. The summed E-state index contributed by atoms with van der Waals surface area (Å²) in [5.74, 6) is -0.282. The first-order chi connectivity index (χ1) is 10.4. The van der Waals surface area contributed by atoms with Crippen LogP contribution in [0.4, 0.5) is 0 Å². The number of carbonyl (C=O) groups excluding carboxylic acids is 1. The third-order valence-corrected chi connectivity index (χ3v) is 5.71. The Morgan fingerprint density at radius 2 is 2.09 bits per heavy atom. The third kappa shape index (κ3) is 3.04. The third-order valence-electron chi connectivity index (χ3n) is 3.88. The largest absolute Gasteiger partial charge is 0.352 e. The topological polar surface area (TPSA) is 96.1 Å². The number of sulfone groups is 1. The van der Waals surface area contributed by atoms with Crippen LogP contribution in [0.2, 0.25) is 0 Å². The lowest BCUT2D eigenvalue weighted by molar-refractivity contribution is 0.0947. The van der Waals surface area contributed by atoms with Gasteiger partial charge in [0.2, 0.25) is 0 Å². The summed E-state index contributed by atoms with van der Waals surface area (Å²) in [7, 11) is -2.96. The van der Waals surface area contributed by atoms with E-state index in [1.165, 1.54) is 0 Å². The summed E-state index contributed by atoms with van der Waals surface area (Å²) in [5.41, 5.74) is 0.265. The van der Waals surface area contributed by atoms with Crippen molar-refractivity contribution < 1.29 is 13.2 Å². The number of amides is 1. The second kappa shape index (κ2) is 5.57. The summed E-state index contributed by atoms with van der Waals surface area (Å²) in [6.45, 7) is 0.268. The van der Waals surface area contributed by atoms with Gasteiger partial charge < -0.3 is 10.3 Å².